The van der Waals surface area contributed by atoms with Crippen molar-refractivity contribution in [2.75, 3.05) is 0 Å². The van der Waals surface area contributed by atoms with E-state index in [0.717, 1.165) is 6.42 Å². The van der Waals surface area contributed by atoms with Gasteiger partial charge in [0.15, 0.2) is 0 Å². The Balaban J connectivity index is 2.90. The van der Waals surface area contributed by atoms with Gasteiger partial charge in [-0.3, -0.25) is 0 Å². The lowest BCUT2D eigenvalue weighted by atomic mass is 9.86. The van der Waals surface area contributed by atoms with E-state index in [2.05, 4.69) is 45.0 Å². The number of hydrogen-bond acceptors (Lipinski definition) is 0. The molecule has 1 atom stereocenters. The molecule has 0 aliphatic heterocycles. The zero-order valence-electron chi connectivity index (χ0n) is 9.47. The number of halogens is 1. The quantitative estimate of drug-likeness (QED) is 0.644. The summed E-state index contributed by atoms with van der Waals surface area (Å²) in [7, 11) is 0. The molecule has 0 saturated heterocycles. The second-order valence-electron chi connectivity index (χ2n) is 4.94. The van der Waals surface area contributed by atoms with Crippen LogP contribution in [0.15, 0.2) is 24.3 Å². The Morgan fingerprint density at radius 1 is 1.29 bits per heavy atom. The highest BCUT2D eigenvalue weighted by Crippen LogP contribution is 2.23. The van der Waals surface area contributed by atoms with E-state index in [9.17, 15) is 0 Å². The topological polar surface area (TPSA) is 0 Å². The Kier molecular flexibility index (Phi) is 3.60. The summed E-state index contributed by atoms with van der Waals surface area (Å²) >= 11 is 5.98. The lowest BCUT2D eigenvalue weighted by Gasteiger charge is -2.20. The van der Waals surface area contributed by atoms with Crippen LogP contribution in [0.3, 0.4) is 0 Å². The Morgan fingerprint density at radius 3 is 2.43 bits per heavy atom. The van der Waals surface area contributed by atoms with Crippen LogP contribution < -0.4 is 0 Å². The molecule has 0 aromatic heterocycles. The summed E-state index contributed by atoms with van der Waals surface area (Å²) in [5, 5.41) is 0.213. The summed E-state index contributed by atoms with van der Waals surface area (Å²) in [5.74, 6) is 0. The molecule has 1 aromatic rings. The van der Waals surface area contributed by atoms with Gasteiger partial charge >= 0.3 is 0 Å². The van der Waals surface area contributed by atoms with Gasteiger partial charge in [-0.05, 0) is 29.9 Å². The van der Waals surface area contributed by atoms with Crippen molar-refractivity contribution < 1.29 is 0 Å². The SMILES string of the molecule is CC(Cl)Cc1cccc(C(C)(C)C)c1. The van der Waals surface area contributed by atoms with Crippen LogP contribution >= 0.6 is 11.6 Å². The van der Waals surface area contributed by atoms with E-state index in [-0.39, 0.29) is 10.8 Å². The minimum absolute atomic E-state index is 0.213. The Morgan fingerprint density at radius 2 is 1.93 bits per heavy atom. The molecule has 0 N–H and O–H groups in total. The van der Waals surface area contributed by atoms with Gasteiger partial charge in [0.25, 0.3) is 0 Å². The standard InChI is InChI=1S/C13H19Cl/c1-10(14)8-11-6-5-7-12(9-11)13(2,3)4/h5-7,9-10H,8H2,1-4H3. The van der Waals surface area contributed by atoms with Crippen molar-refractivity contribution in [3.8, 4) is 0 Å². The molecule has 0 spiro atoms. The molecule has 1 rings (SSSR count). The molecule has 0 nitrogen and oxygen atoms in total. The summed E-state index contributed by atoms with van der Waals surface area (Å²) < 4.78 is 0. The molecule has 14 heavy (non-hydrogen) atoms. The predicted octanol–water partition coefficient (Wildman–Crippen LogP) is 4.15. The lowest BCUT2D eigenvalue weighted by molar-refractivity contribution is 0.589. The van der Waals surface area contributed by atoms with Crippen molar-refractivity contribution in [1.29, 1.82) is 0 Å². The van der Waals surface area contributed by atoms with Crippen LogP contribution in [0.25, 0.3) is 0 Å². The Hall–Kier alpha value is -0.490. The zero-order chi connectivity index (χ0) is 10.8. The lowest BCUT2D eigenvalue weighted by Crippen LogP contribution is -2.11. The van der Waals surface area contributed by atoms with E-state index in [0.29, 0.717) is 0 Å². The van der Waals surface area contributed by atoms with Gasteiger partial charge in [0.05, 0.1) is 0 Å². The van der Waals surface area contributed by atoms with Crippen LogP contribution in [0.1, 0.15) is 38.8 Å². The van der Waals surface area contributed by atoms with Gasteiger partial charge in [-0.15, -0.1) is 11.6 Å². The fraction of sp³-hybridized carbons (Fsp3) is 0.538. The summed E-state index contributed by atoms with van der Waals surface area (Å²) in [4.78, 5) is 0. The minimum atomic E-state index is 0.213. The van der Waals surface area contributed by atoms with Gasteiger partial charge in [-0.1, -0.05) is 45.0 Å². The third kappa shape index (κ3) is 3.34. The molecular formula is C13H19Cl. The van der Waals surface area contributed by atoms with Gasteiger partial charge in [-0.25, -0.2) is 0 Å². The van der Waals surface area contributed by atoms with E-state index in [1.807, 2.05) is 6.92 Å². The molecule has 0 heterocycles. The van der Waals surface area contributed by atoms with E-state index in [4.69, 9.17) is 11.6 Å². The maximum atomic E-state index is 5.98. The average Bonchev–Trinajstić information content (AvgIpc) is 2.01. The monoisotopic (exact) mass is 210 g/mol. The molecule has 78 valence electrons. The Bertz CT molecular complexity index is 294. The van der Waals surface area contributed by atoms with Gasteiger partial charge in [-0.2, -0.15) is 0 Å². The molecular weight excluding hydrogens is 192 g/mol. The van der Waals surface area contributed by atoms with Gasteiger partial charge in [0.1, 0.15) is 0 Å². The molecule has 0 bridgehead atoms. The molecule has 0 aliphatic rings. The van der Waals surface area contributed by atoms with Crippen molar-refractivity contribution in [3.05, 3.63) is 35.4 Å². The number of hydrogen-bond donors (Lipinski definition) is 0. The van der Waals surface area contributed by atoms with Crippen molar-refractivity contribution in [3.63, 3.8) is 0 Å². The van der Waals surface area contributed by atoms with E-state index < -0.39 is 0 Å². The van der Waals surface area contributed by atoms with Crippen molar-refractivity contribution in [2.45, 2.75) is 44.9 Å². The highest BCUT2D eigenvalue weighted by molar-refractivity contribution is 6.20. The average molecular weight is 211 g/mol. The fourth-order valence-electron chi connectivity index (χ4n) is 1.49. The van der Waals surface area contributed by atoms with Crippen molar-refractivity contribution in [1.82, 2.24) is 0 Å². The van der Waals surface area contributed by atoms with E-state index in [1.165, 1.54) is 11.1 Å². The van der Waals surface area contributed by atoms with Crippen LogP contribution in [0.5, 0.6) is 0 Å². The van der Waals surface area contributed by atoms with Crippen LogP contribution in [0.4, 0.5) is 0 Å². The number of alkyl halides is 1. The smallest absolute Gasteiger partial charge is 0.0348 e. The largest absolute Gasteiger partial charge is 0.123 e. The van der Waals surface area contributed by atoms with Gasteiger partial charge in [0.2, 0.25) is 0 Å². The maximum Gasteiger partial charge on any atom is 0.0348 e. The number of rotatable bonds is 2. The van der Waals surface area contributed by atoms with Crippen LogP contribution in [-0.2, 0) is 11.8 Å². The van der Waals surface area contributed by atoms with Crippen LogP contribution in [0.2, 0.25) is 0 Å². The molecule has 1 aromatic carbocycles. The van der Waals surface area contributed by atoms with Gasteiger partial charge < -0.3 is 0 Å². The maximum absolute atomic E-state index is 5.98. The van der Waals surface area contributed by atoms with Gasteiger partial charge in [0, 0.05) is 5.38 Å². The Labute approximate surface area is 92.3 Å². The van der Waals surface area contributed by atoms with E-state index >= 15 is 0 Å². The summed E-state index contributed by atoms with van der Waals surface area (Å²) in [6, 6.07) is 8.71. The van der Waals surface area contributed by atoms with Crippen molar-refractivity contribution in [2.24, 2.45) is 0 Å². The van der Waals surface area contributed by atoms with Crippen molar-refractivity contribution >= 4 is 11.6 Å². The first-order chi connectivity index (χ1) is 6.39. The minimum Gasteiger partial charge on any atom is -0.123 e. The highest BCUT2D eigenvalue weighted by Gasteiger charge is 2.13. The molecule has 0 radical (unpaired) electrons. The highest BCUT2D eigenvalue weighted by atomic mass is 35.5. The first-order valence-electron chi connectivity index (χ1n) is 5.13. The van der Waals surface area contributed by atoms with E-state index in [1.54, 1.807) is 0 Å². The predicted molar refractivity (Wildman–Crippen MR) is 64.2 cm³/mol. The second kappa shape index (κ2) is 4.35. The molecule has 1 heteroatoms. The van der Waals surface area contributed by atoms with Crippen LogP contribution in [0, 0.1) is 0 Å². The second-order valence-corrected chi connectivity index (χ2v) is 5.68. The normalized spacial score (nSPS) is 14.1. The molecule has 1 unspecified atom stereocenters. The first-order valence-corrected chi connectivity index (χ1v) is 5.57. The third-order valence-electron chi connectivity index (χ3n) is 2.31. The molecule has 0 aliphatic carbocycles. The summed E-state index contributed by atoms with van der Waals surface area (Å²) in [6.45, 7) is 8.73. The molecule has 0 saturated carbocycles. The molecule has 0 amide bonds. The first kappa shape index (κ1) is 11.6. The fourth-order valence-corrected chi connectivity index (χ4v) is 1.67. The zero-order valence-corrected chi connectivity index (χ0v) is 10.2. The third-order valence-corrected chi connectivity index (χ3v) is 2.46. The summed E-state index contributed by atoms with van der Waals surface area (Å²) in [5.41, 5.74) is 2.94. The van der Waals surface area contributed by atoms with Crippen LogP contribution in [-0.4, -0.2) is 5.38 Å². The summed E-state index contributed by atoms with van der Waals surface area (Å²) in [6.07, 6.45) is 0.950. The molecule has 0 fully saturated rings. The number of benzene rings is 1.